The molecular weight excluding hydrogens is 621 g/mol. The molecule has 15 heteroatoms. The Bertz CT molecular complexity index is 1670. The molecule has 1 aliphatic rings. The maximum atomic E-state index is 14.0. The minimum Gasteiger partial charge on any atom is -0.497 e. The predicted molar refractivity (Wildman–Crippen MR) is 163 cm³/mol. The van der Waals surface area contributed by atoms with Crippen molar-refractivity contribution < 1.29 is 36.7 Å². The molecule has 3 heterocycles. The van der Waals surface area contributed by atoms with Crippen LogP contribution in [0.2, 0.25) is 0 Å². The van der Waals surface area contributed by atoms with Crippen LogP contribution in [0.4, 0.5) is 23.7 Å². The lowest BCUT2D eigenvalue weighted by molar-refractivity contribution is -0.138. The fourth-order valence-electron chi connectivity index (χ4n) is 5.14. The van der Waals surface area contributed by atoms with Crippen LogP contribution in [-0.2, 0) is 35.4 Å². The van der Waals surface area contributed by atoms with Gasteiger partial charge in [-0.05, 0) is 43.0 Å². The van der Waals surface area contributed by atoms with Crippen molar-refractivity contribution in [3.63, 3.8) is 0 Å². The summed E-state index contributed by atoms with van der Waals surface area (Å²) in [5.74, 6) is 1.29. The van der Waals surface area contributed by atoms with Gasteiger partial charge in [-0.3, -0.25) is 4.79 Å². The Morgan fingerprint density at radius 2 is 1.79 bits per heavy atom. The number of amides is 1. The summed E-state index contributed by atoms with van der Waals surface area (Å²) in [7, 11) is 1.50. The van der Waals surface area contributed by atoms with Gasteiger partial charge >= 0.3 is 12.3 Å². The van der Waals surface area contributed by atoms with Crippen molar-refractivity contribution in [1.82, 2.24) is 24.8 Å². The first kappa shape index (κ1) is 33.4. The summed E-state index contributed by atoms with van der Waals surface area (Å²) >= 11 is 0. The molecule has 1 amide bonds. The monoisotopic (exact) mass is 656 g/mol. The van der Waals surface area contributed by atoms with Crippen molar-refractivity contribution in [2.75, 3.05) is 32.1 Å². The third-order valence-electron chi connectivity index (χ3n) is 7.62. The van der Waals surface area contributed by atoms with Crippen LogP contribution in [0.5, 0.6) is 5.75 Å². The molecule has 1 unspecified atom stereocenters. The number of likely N-dealkylation sites (tertiary alicyclic amines) is 1. The van der Waals surface area contributed by atoms with Gasteiger partial charge in [0.1, 0.15) is 24.5 Å². The molecule has 12 nitrogen and oxygen atoms in total. The SMILES string of the molecule is COc1ccc(Cn2ncc(NC(C)COCc3nc(C4CCN(C(=O)OCc5ccccc5)CC4)no3)c(C(F)(F)F)c2=O)cc1. The highest BCUT2D eigenvalue weighted by Gasteiger charge is 2.38. The number of hydrogen-bond donors (Lipinski definition) is 1. The molecule has 5 rings (SSSR count). The van der Waals surface area contributed by atoms with E-state index in [0.717, 1.165) is 16.4 Å². The second kappa shape index (κ2) is 15.1. The number of methoxy groups -OCH3 is 1. The minimum absolute atomic E-state index is 0.00796. The van der Waals surface area contributed by atoms with Crippen LogP contribution in [0.1, 0.15) is 54.1 Å². The van der Waals surface area contributed by atoms with Gasteiger partial charge in [-0.25, -0.2) is 9.48 Å². The lowest BCUT2D eigenvalue weighted by atomic mass is 9.96. The van der Waals surface area contributed by atoms with Crippen LogP contribution in [-0.4, -0.2) is 63.8 Å². The first-order valence-corrected chi connectivity index (χ1v) is 15.0. The van der Waals surface area contributed by atoms with Gasteiger partial charge < -0.3 is 29.0 Å². The summed E-state index contributed by atoms with van der Waals surface area (Å²) in [5, 5.41) is 10.7. The summed E-state index contributed by atoms with van der Waals surface area (Å²) in [5.41, 5.74) is -1.55. The van der Waals surface area contributed by atoms with Crippen molar-refractivity contribution in [2.45, 2.75) is 57.7 Å². The summed E-state index contributed by atoms with van der Waals surface area (Å²) < 4.78 is 64.2. The highest BCUT2D eigenvalue weighted by Crippen LogP contribution is 2.32. The van der Waals surface area contributed by atoms with Crippen LogP contribution in [0.3, 0.4) is 0 Å². The van der Waals surface area contributed by atoms with E-state index < -0.39 is 29.0 Å². The zero-order valence-corrected chi connectivity index (χ0v) is 25.9. The number of nitrogens with one attached hydrogen (secondary N) is 1. The molecule has 2 aromatic carbocycles. The van der Waals surface area contributed by atoms with E-state index in [1.54, 1.807) is 36.1 Å². The molecule has 0 bridgehead atoms. The molecule has 0 radical (unpaired) electrons. The van der Waals surface area contributed by atoms with E-state index in [1.807, 2.05) is 30.3 Å². The second-order valence-electron chi connectivity index (χ2n) is 11.2. The van der Waals surface area contributed by atoms with Crippen molar-refractivity contribution >= 4 is 11.8 Å². The number of alkyl halides is 3. The van der Waals surface area contributed by atoms with Crippen molar-refractivity contribution in [1.29, 1.82) is 0 Å². The second-order valence-corrected chi connectivity index (χ2v) is 11.2. The van der Waals surface area contributed by atoms with Gasteiger partial charge in [-0.2, -0.15) is 23.3 Å². The number of carbonyl (C=O) groups excluding carboxylic acids is 1. The van der Waals surface area contributed by atoms with E-state index in [1.165, 1.54) is 7.11 Å². The molecule has 0 spiro atoms. The Hall–Kier alpha value is -4.92. The van der Waals surface area contributed by atoms with Crippen LogP contribution < -0.4 is 15.6 Å². The van der Waals surface area contributed by atoms with Crippen LogP contribution in [0.15, 0.2) is 70.1 Å². The molecule has 250 valence electrons. The Kier molecular flexibility index (Phi) is 10.8. The molecule has 1 fully saturated rings. The number of nitrogens with zero attached hydrogens (tertiary/aromatic N) is 5. The van der Waals surface area contributed by atoms with Crippen molar-refractivity contribution in [3.05, 3.63) is 99.6 Å². The maximum absolute atomic E-state index is 14.0. The van der Waals surface area contributed by atoms with E-state index in [4.69, 9.17) is 18.7 Å². The standard InChI is InChI=1S/C32H35F3N6O6/c1-21(37-26-16-36-41(30(42)28(26)32(33,34)35)17-22-8-10-25(44-2)11-9-22)18-45-20-27-38-29(39-47-27)24-12-14-40(15-13-24)31(43)46-19-23-6-4-3-5-7-23/h3-11,16,21,24,37H,12-15,17-20H2,1-2H3. The largest absolute Gasteiger partial charge is 0.497 e. The quantitative estimate of drug-likeness (QED) is 0.216. The van der Waals surface area contributed by atoms with Gasteiger partial charge in [0.15, 0.2) is 5.82 Å². The van der Waals surface area contributed by atoms with Gasteiger partial charge in [0.05, 0.1) is 32.1 Å². The van der Waals surface area contributed by atoms with Crippen LogP contribution in [0, 0.1) is 0 Å². The average molecular weight is 657 g/mol. The molecule has 47 heavy (non-hydrogen) atoms. The lowest BCUT2D eigenvalue weighted by Gasteiger charge is -2.29. The highest BCUT2D eigenvalue weighted by atomic mass is 19.4. The summed E-state index contributed by atoms with van der Waals surface area (Å²) in [4.78, 5) is 31.3. The van der Waals surface area contributed by atoms with E-state index in [9.17, 15) is 22.8 Å². The Labute approximate surface area is 268 Å². The van der Waals surface area contributed by atoms with E-state index in [2.05, 4.69) is 20.6 Å². The number of aromatic nitrogens is 4. The molecule has 0 aliphatic carbocycles. The number of piperidine rings is 1. The van der Waals surface area contributed by atoms with E-state index in [0.29, 0.717) is 43.1 Å². The number of ether oxygens (including phenoxy) is 3. The molecule has 1 aliphatic heterocycles. The molecule has 4 aromatic rings. The zero-order chi connectivity index (χ0) is 33.4. The predicted octanol–water partition coefficient (Wildman–Crippen LogP) is 5.24. The number of carbonyl (C=O) groups is 1. The number of anilines is 1. The van der Waals surface area contributed by atoms with E-state index >= 15 is 0 Å². The maximum Gasteiger partial charge on any atom is 0.423 e. The normalized spacial score (nSPS) is 14.5. The fourth-order valence-corrected chi connectivity index (χ4v) is 5.14. The van der Waals surface area contributed by atoms with Crippen LogP contribution >= 0.6 is 0 Å². The zero-order valence-electron chi connectivity index (χ0n) is 25.9. The van der Waals surface area contributed by atoms with Gasteiger partial charge in [-0.15, -0.1) is 0 Å². The van der Waals surface area contributed by atoms with Gasteiger partial charge in [-0.1, -0.05) is 47.6 Å². The van der Waals surface area contributed by atoms with Gasteiger partial charge in [0.2, 0.25) is 0 Å². The molecule has 0 saturated carbocycles. The van der Waals surface area contributed by atoms with Crippen molar-refractivity contribution in [2.24, 2.45) is 0 Å². The Morgan fingerprint density at radius 3 is 2.47 bits per heavy atom. The lowest BCUT2D eigenvalue weighted by Crippen LogP contribution is -2.38. The third kappa shape index (κ3) is 8.87. The first-order chi connectivity index (χ1) is 22.6. The average Bonchev–Trinajstić information content (AvgIpc) is 3.54. The van der Waals surface area contributed by atoms with Crippen molar-refractivity contribution in [3.8, 4) is 5.75 Å². The fraction of sp³-hybridized carbons (Fsp3) is 0.406. The minimum atomic E-state index is -4.91. The molecular formula is C32H35F3N6O6. The summed E-state index contributed by atoms with van der Waals surface area (Å²) in [6.45, 7) is 2.58. The first-order valence-electron chi connectivity index (χ1n) is 15.0. The Morgan fingerprint density at radius 1 is 1.06 bits per heavy atom. The number of rotatable bonds is 12. The molecule has 1 N–H and O–H groups in total. The highest BCUT2D eigenvalue weighted by molar-refractivity contribution is 5.67. The van der Waals surface area contributed by atoms with Gasteiger partial charge in [0, 0.05) is 25.0 Å². The number of benzene rings is 2. The third-order valence-corrected chi connectivity index (χ3v) is 7.62. The van der Waals surface area contributed by atoms with Gasteiger partial charge in [0.25, 0.3) is 11.4 Å². The molecule has 1 saturated heterocycles. The van der Waals surface area contributed by atoms with Crippen LogP contribution in [0.25, 0.3) is 0 Å². The summed E-state index contributed by atoms with van der Waals surface area (Å²) in [6, 6.07) is 15.4. The molecule has 2 aromatic heterocycles. The number of hydrogen-bond acceptors (Lipinski definition) is 10. The number of halogens is 3. The Balaban J connectivity index is 1.09. The summed E-state index contributed by atoms with van der Waals surface area (Å²) in [6.07, 6.45) is -3.03. The topological polar surface area (TPSA) is 134 Å². The van der Waals surface area contributed by atoms with E-state index in [-0.39, 0.29) is 44.3 Å². The smallest absolute Gasteiger partial charge is 0.423 e. The molecule has 1 atom stereocenters.